The molecular formula is C15H13Cl3O3. The minimum absolute atomic E-state index is 0.323. The molecule has 0 spiro atoms. The quantitative estimate of drug-likeness (QED) is 0.742. The molecular weight excluding hydrogens is 335 g/mol. The van der Waals surface area contributed by atoms with Crippen molar-refractivity contribution in [2.45, 2.75) is 13.0 Å². The molecule has 0 amide bonds. The lowest BCUT2D eigenvalue weighted by molar-refractivity contribution is 0.190. The van der Waals surface area contributed by atoms with Crippen molar-refractivity contribution in [2.75, 3.05) is 7.11 Å². The topological polar surface area (TPSA) is 38.7 Å². The van der Waals surface area contributed by atoms with Crippen LogP contribution in [0.25, 0.3) is 0 Å². The third kappa shape index (κ3) is 3.55. The van der Waals surface area contributed by atoms with Crippen molar-refractivity contribution in [3.8, 4) is 17.2 Å². The molecule has 0 aliphatic rings. The molecule has 0 bridgehead atoms. The average molecular weight is 348 g/mol. The second-order valence-corrected chi connectivity index (χ2v) is 5.57. The molecule has 1 unspecified atom stereocenters. The molecule has 0 aliphatic heterocycles. The van der Waals surface area contributed by atoms with Gasteiger partial charge in [0, 0.05) is 6.07 Å². The summed E-state index contributed by atoms with van der Waals surface area (Å²) in [6, 6.07) is 8.24. The van der Waals surface area contributed by atoms with Crippen molar-refractivity contribution in [2.24, 2.45) is 0 Å². The van der Waals surface area contributed by atoms with Gasteiger partial charge in [-0.1, -0.05) is 40.9 Å². The van der Waals surface area contributed by atoms with Crippen LogP contribution >= 0.6 is 34.8 Å². The maximum absolute atomic E-state index is 9.92. The van der Waals surface area contributed by atoms with Crippen molar-refractivity contribution >= 4 is 34.8 Å². The molecule has 112 valence electrons. The van der Waals surface area contributed by atoms with Gasteiger partial charge >= 0.3 is 0 Å². The molecule has 0 aliphatic carbocycles. The van der Waals surface area contributed by atoms with Crippen molar-refractivity contribution in [1.82, 2.24) is 0 Å². The molecule has 2 aromatic carbocycles. The van der Waals surface area contributed by atoms with E-state index in [0.29, 0.717) is 37.9 Å². The van der Waals surface area contributed by atoms with Gasteiger partial charge in [-0.15, -0.1) is 0 Å². The smallest absolute Gasteiger partial charge is 0.147 e. The Morgan fingerprint density at radius 1 is 0.952 bits per heavy atom. The molecule has 1 N–H and O–H groups in total. The van der Waals surface area contributed by atoms with Crippen LogP contribution in [0.4, 0.5) is 0 Å². The highest BCUT2D eigenvalue weighted by Gasteiger charge is 2.17. The highest BCUT2D eigenvalue weighted by Crippen LogP contribution is 2.40. The summed E-state index contributed by atoms with van der Waals surface area (Å²) in [6.07, 6.45) is -0.766. The monoisotopic (exact) mass is 346 g/mol. The van der Waals surface area contributed by atoms with Crippen LogP contribution in [0.2, 0.25) is 15.1 Å². The normalized spacial score (nSPS) is 12.1. The maximum atomic E-state index is 9.92. The number of methoxy groups -OCH3 is 1. The molecule has 0 saturated carbocycles. The fourth-order valence-electron chi connectivity index (χ4n) is 1.90. The number of benzene rings is 2. The van der Waals surface area contributed by atoms with Crippen LogP contribution in [-0.4, -0.2) is 12.2 Å². The maximum Gasteiger partial charge on any atom is 0.147 e. The summed E-state index contributed by atoms with van der Waals surface area (Å²) >= 11 is 17.9. The van der Waals surface area contributed by atoms with E-state index < -0.39 is 6.10 Å². The fourth-order valence-corrected chi connectivity index (χ4v) is 2.48. The fraction of sp³-hybridized carbons (Fsp3) is 0.200. The number of aliphatic hydroxyl groups is 1. The zero-order valence-electron chi connectivity index (χ0n) is 11.4. The summed E-state index contributed by atoms with van der Waals surface area (Å²) in [7, 11) is 1.52. The number of rotatable bonds is 4. The van der Waals surface area contributed by atoms with E-state index in [1.54, 1.807) is 25.1 Å². The van der Waals surface area contributed by atoms with Gasteiger partial charge < -0.3 is 14.6 Å². The van der Waals surface area contributed by atoms with Crippen molar-refractivity contribution < 1.29 is 14.6 Å². The van der Waals surface area contributed by atoms with Crippen LogP contribution in [-0.2, 0) is 0 Å². The molecule has 21 heavy (non-hydrogen) atoms. The molecule has 3 nitrogen and oxygen atoms in total. The van der Waals surface area contributed by atoms with Crippen LogP contribution in [0.3, 0.4) is 0 Å². The lowest BCUT2D eigenvalue weighted by Crippen LogP contribution is -2.00. The Morgan fingerprint density at radius 2 is 1.57 bits per heavy atom. The summed E-state index contributed by atoms with van der Waals surface area (Å²) in [5.41, 5.74) is 0.530. The molecule has 6 heteroatoms. The number of ether oxygens (including phenoxy) is 2. The van der Waals surface area contributed by atoms with Crippen LogP contribution in [0.5, 0.6) is 17.2 Å². The molecule has 2 rings (SSSR count). The summed E-state index contributed by atoms with van der Waals surface area (Å²) in [4.78, 5) is 0. The summed E-state index contributed by atoms with van der Waals surface area (Å²) < 4.78 is 11.0. The second-order valence-electron chi connectivity index (χ2n) is 4.35. The average Bonchev–Trinajstić information content (AvgIpc) is 2.44. The summed E-state index contributed by atoms with van der Waals surface area (Å²) in [6.45, 7) is 1.63. The zero-order chi connectivity index (χ0) is 15.6. The lowest BCUT2D eigenvalue weighted by atomic mass is 10.1. The Morgan fingerprint density at radius 3 is 2.19 bits per heavy atom. The molecule has 0 radical (unpaired) electrons. The van der Waals surface area contributed by atoms with Crippen molar-refractivity contribution in [1.29, 1.82) is 0 Å². The van der Waals surface area contributed by atoms with Crippen LogP contribution in [0.15, 0.2) is 30.3 Å². The van der Waals surface area contributed by atoms with E-state index in [1.165, 1.54) is 19.2 Å². The van der Waals surface area contributed by atoms with Crippen LogP contribution in [0, 0.1) is 0 Å². The highest BCUT2D eigenvalue weighted by molar-refractivity contribution is 6.43. The zero-order valence-corrected chi connectivity index (χ0v) is 13.6. The SMILES string of the molecule is COc1cccc(Oc2cc(Cl)c(Cl)cc2Cl)c1C(C)O. The molecule has 0 heterocycles. The first-order chi connectivity index (χ1) is 9.93. The third-order valence-corrected chi connectivity index (χ3v) is 3.88. The van der Waals surface area contributed by atoms with Gasteiger partial charge in [-0.2, -0.15) is 0 Å². The minimum atomic E-state index is -0.766. The first-order valence-electron chi connectivity index (χ1n) is 6.11. The second kappa shape index (κ2) is 6.75. The Labute approximate surface area is 138 Å². The predicted octanol–water partition coefficient (Wildman–Crippen LogP) is 5.50. The van der Waals surface area contributed by atoms with E-state index in [4.69, 9.17) is 44.3 Å². The van der Waals surface area contributed by atoms with Crippen LogP contribution < -0.4 is 9.47 Å². The molecule has 2 aromatic rings. The Kier molecular flexibility index (Phi) is 5.22. The molecule has 0 fully saturated rings. The van der Waals surface area contributed by atoms with E-state index in [9.17, 15) is 5.11 Å². The number of hydrogen-bond donors (Lipinski definition) is 1. The van der Waals surface area contributed by atoms with Gasteiger partial charge in [-0.05, 0) is 25.1 Å². The van der Waals surface area contributed by atoms with Gasteiger partial charge in [0.05, 0.1) is 33.8 Å². The van der Waals surface area contributed by atoms with E-state index >= 15 is 0 Å². The van der Waals surface area contributed by atoms with E-state index in [0.717, 1.165) is 0 Å². The van der Waals surface area contributed by atoms with E-state index in [1.807, 2.05) is 0 Å². The Bertz CT molecular complexity index is 657. The van der Waals surface area contributed by atoms with Gasteiger partial charge in [-0.25, -0.2) is 0 Å². The Balaban J connectivity index is 2.47. The summed E-state index contributed by atoms with van der Waals surface area (Å²) in [5.74, 6) is 1.31. The first-order valence-corrected chi connectivity index (χ1v) is 7.24. The van der Waals surface area contributed by atoms with Gasteiger partial charge in [0.2, 0.25) is 0 Å². The van der Waals surface area contributed by atoms with Gasteiger partial charge in [0.15, 0.2) is 0 Å². The van der Waals surface area contributed by atoms with E-state index in [-0.39, 0.29) is 0 Å². The van der Waals surface area contributed by atoms with Crippen LogP contribution in [0.1, 0.15) is 18.6 Å². The van der Waals surface area contributed by atoms with Crippen molar-refractivity contribution in [3.05, 3.63) is 51.0 Å². The number of hydrogen-bond acceptors (Lipinski definition) is 3. The third-order valence-electron chi connectivity index (χ3n) is 2.86. The summed E-state index contributed by atoms with van der Waals surface area (Å²) in [5, 5.41) is 10.9. The molecule has 1 atom stereocenters. The standard InChI is InChI=1S/C15H13Cl3O3/c1-8(19)15-12(20-2)4-3-5-13(15)21-14-7-10(17)9(16)6-11(14)18/h3-8,19H,1-2H3. The first kappa shape index (κ1) is 16.2. The Hall–Kier alpha value is -1.13. The highest BCUT2D eigenvalue weighted by atomic mass is 35.5. The predicted molar refractivity (Wildman–Crippen MR) is 85.2 cm³/mol. The van der Waals surface area contributed by atoms with Crippen molar-refractivity contribution in [3.63, 3.8) is 0 Å². The van der Waals surface area contributed by atoms with Gasteiger partial charge in [0.1, 0.15) is 17.2 Å². The van der Waals surface area contributed by atoms with Gasteiger partial charge in [-0.3, -0.25) is 0 Å². The lowest BCUT2D eigenvalue weighted by Gasteiger charge is -2.17. The van der Waals surface area contributed by atoms with E-state index in [2.05, 4.69) is 0 Å². The number of halogens is 3. The largest absolute Gasteiger partial charge is 0.496 e. The minimum Gasteiger partial charge on any atom is -0.496 e. The molecule has 0 aromatic heterocycles. The number of aliphatic hydroxyl groups excluding tert-OH is 1. The molecule has 0 saturated heterocycles. The van der Waals surface area contributed by atoms with Gasteiger partial charge in [0.25, 0.3) is 0 Å².